The predicted molar refractivity (Wildman–Crippen MR) is 35.8 cm³/mol. The summed E-state index contributed by atoms with van der Waals surface area (Å²) in [7, 11) is 0. The third-order valence-electron chi connectivity index (χ3n) is 0.485. The van der Waals surface area contributed by atoms with Crippen LogP contribution in [0.2, 0.25) is 0 Å². The van der Waals surface area contributed by atoms with Crippen molar-refractivity contribution in [1.82, 2.24) is 0 Å². The first kappa shape index (κ1) is 11.7. The summed E-state index contributed by atoms with van der Waals surface area (Å²) in [4.78, 5) is 8.56. The van der Waals surface area contributed by atoms with Crippen LogP contribution < -0.4 is 0 Å². The van der Waals surface area contributed by atoms with E-state index in [-0.39, 0.29) is 5.83 Å². The molecular weight excluding hydrogens is 139 g/mol. The van der Waals surface area contributed by atoms with Gasteiger partial charge in [-0.1, -0.05) is 13.0 Å². The molecule has 60 valence electrons. The smallest absolute Gasteiger partial charge is 0.450 e. The van der Waals surface area contributed by atoms with Crippen molar-refractivity contribution in [3.8, 4) is 0 Å². The van der Waals surface area contributed by atoms with Gasteiger partial charge in [0.05, 0.1) is 5.83 Å². The van der Waals surface area contributed by atoms with E-state index in [1.165, 1.54) is 6.92 Å². The highest BCUT2D eigenvalue weighted by molar-refractivity contribution is 5.53. The number of rotatable bonds is 1. The molecule has 4 heteroatoms. The molecule has 0 spiro atoms. The van der Waals surface area contributed by atoms with E-state index in [9.17, 15) is 4.39 Å². The first-order valence-corrected chi connectivity index (χ1v) is 2.74. The fourth-order valence-electron chi connectivity index (χ4n) is 0.281. The average Bonchev–Trinajstić information content (AvgIpc) is 1.62. The van der Waals surface area contributed by atoms with E-state index in [2.05, 4.69) is 0 Å². The van der Waals surface area contributed by atoms with Crippen molar-refractivity contribution in [1.29, 1.82) is 0 Å². The van der Waals surface area contributed by atoms with Crippen LogP contribution in [0, 0.1) is 0 Å². The van der Waals surface area contributed by atoms with Gasteiger partial charge in [0.25, 0.3) is 0 Å². The minimum atomic E-state index is -1.83. The molecule has 0 bridgehead atoms. The average molecular weight is 150 g/mol. The Morgan fingerprint density at radius 3 is 1.90 bits per heavy atom. The van der Waals surface area contributed by atoms with Crippen LogP contribution in [0.25, 0.3) is 0 Å². The van der Waals surface area contributed by atoms with Gasteiger partial charge in [-0.15, -0.1) is 0 Å². The maximum absolute atomic E-state index is 11.6. The predicted octanol–water partition coefficient (Wildman–Crippen LogP) is 2.49. The van der Waals surface area contributed by atoms with Crippen molar-refractivity contribution in [2.45, 2.75) is 20.3 Å². The second kappa shape index (κ2) is 7.94. The van der Waals surface area contributed by atoms with Crippen LogP contribution in [0.5, 0.6) is 0 Å². The van der Waals surface area contributed by atoms with Crippen LogP contribution in [0.15, 0.2) is 11.9 Å². The number of carbonyl (C=O) groups is 1. The summed E-state index contributed by atoms with van der Waals surface area (Å²) in [5.74, 6) is -0.0856. The van der Waals surface area contributed by atoms with Gasteiger partial charge in [-0.25, -0.2) is 9.18 Å². The molecule has 10 heavy (non-hydrogen) atoms. The molecule has 0 aromatic rings. The van der Waals surface area contributed by atoms with E-state index in [0.29, 0.717) is 0 Å². The lowest BCUT2D eigenvalue weighted by Crippen LogP contribution is -1.81. The van der Waals surface area contributed by atoms with E-state index in [0.717, 1.165) is 6.42 Å². The van der Waals surface area contributed by atoms with Gasteiger partial charge in [0.2, 0.25) is 0 Å². The van der Waals surface area contributed by atoms with Crippen LogP contribution in [-0.2, 0) is 0 Å². The SMILES string of the molecule is CCC=C(C)F.O=C(O)O. The summed E-state index contributed by atoms with van der Waals surface area (Å²) in [6.07, 6.45) is 0.502. The Morgan fingerprint density at radius 1 is 1.60 bits per heavy atom. The van der Waals surface area contributed by atoms with Gasteiger partial charge in [0, 0.05) is 0 Å². The Balaban J connectivity index is 0. The minimum Gasteiger partial charge on any atom is -0.450 e. The number of carboxylic acid groups (broad SMARTS) is 2. The van der Waals surface area contributed by atoms with Crippen molar-refractivity contribution in [2.75, 3.05) is 0 Å². The summed E-state index contributed by atoms with van der Waals surface area (Å²) in [5, 5.41) is 13.9. The number of hydrogen-bond acceptors (Lipinski definition) is 1. The van der Waals surface area contributed by atoms with Crippen molar-refractivity contribution < 1.29 is 19.4 Å². The first-order valence-electron chi connectivity index (χ1n) is 2.74. The molecule has 0 aliphatic heterocycles. The topological polar surface area (TPSA) is 57.5 Å². The lowest BCUT2D eigenvalue weighted by atomic mass is 10.4. The second-order valence-electron chi connectivity index (χ2n) is 1.48. The molecule has 0 aromatic carbocycles. The highest BCUT2D eigenvalue weighted by atomic mass is 19.1. The Bertz CT molecular complexity index is 112. The molecule has 0 heterocycles. The Hall–Kier alpha value is -1.06. The van der Waals surface area contributed by atoms with Crippen molar-refractivity contribution in [2.24, 2.45) is 0 Å². The normalized spacial score (nSPS) is 9.70. The maximum atomic E-state index is 11.6. The largest absolute Gasteiger partial charge is 0.503 e. The van der Waals surface area contributed by atoms with E-state index in [4.69, 9.17) is 15.0 Å². The molecule has 0 unspecified atom stereocenters. The molecular formula is C6H11FO3. The number of halogens is 1. The molecule has 0 saturated carbocycles. The molecule has 0 amide bonds. The van der Waals surface area contributed by atoms with Gasteiger partial charge in [0.1, 0.15) is 0 Å². The lowest BCUT2D eigenvalue weighted by molar-refractivity contribution is 0.137. The van der Waals surface area contributed by atoms with Gasteiger partial charge < -0.3 is 10.2 Å². The zero-order valence-electron chi connectivity index (χ0n) is 5.97. The summed E-state index contributed by atoms with van der Waals surface area (Å²) >= 11 is 0. The summed E-state index contributed by atoms with van der Waals surface area (Å²) in [6.45, 7) is 3.35. The van der Waals surface area contributed by atoms with Crippen LogP contribution in [0.4, 0.5) is 9.18 Å². The van der Waals surface area contributed by atoms with Gasteiger partial charge in [-0.3, -0.25) is 0 Å². The summed E-state index contributed by atoms with van der Waals surface area (Å²) < 4.78 is 11.6. The zero-order valence-corrected chi connectivity index (χ0v) is 5.97. The fraction of sp³-hybridized carbons (Fsp3) is 0.500. The zero-order chi connectivity index (χ0) is 8.57. The van der Waals surface area contributed by atoms with E-state index >= 15 is 0 Å². The molecule has 0 aromatic heterocycles. The van der Waals surface area contributed by atoms with Crippen LogP contribution in [0.1, 0.15) is 20.3 Å². The van der Waals surface area contributed by atoms with Gasteiger partial charge >= 0.3 is 6.16 Å². The number of hydrogen-bond donors (Lipinski definition) is 2. The quantitative estimate of drug-likeness (QED) is 0.603. The van der Waals surface area contributed by atoms with Crippen LogP contribution in [-0.4, -0.2) is 16.4 Å². The Kier molecular flexibility index (Phi) is 9.29. The van der Waals surface area contributed by atoms with E-state index in [1.54, 1.807) is 6.08 Å². The molecule has 0 aliphatic carbocycles. The van der Waals surface area contributed by atoms with E-state index < -0.39 is 6.16 Å². The van der Waals surface area contributed by atoms with Crippen molar-refractivity contribution in [3.05, 3.63) is 11.9 Å². The molecule has 0 rings (SSSR count). The third-order valence-corrected chi connectivity index (χ3v) is 0.485. The van der Waals surface area contributed by atoms with E-state index in [1.807, 2.05) is 6.92 Å². The highest BCUT2D eigenvalue weighted by Crippen LogP contribution is 1.92. The Labute approximate surface area is 58.8 Å². The number of allylic oxidation sites excluding steroid dienone is 2. The second-order valence-corrected chi connectivity index (χ2v) is 1.48. The molecule has 2 N–H and O–H groups in total. The van der Waals surface area contributed by atoms with Crippen LogP contribution >= 0.6 is 0 Å². The summed E-state index contributed by atoms with van der Waals surface area (Å²) in [5.41, 5.74) is 0. The minimum absolute atomic E-state index is 0.0856. The summed E-state index contributed by atoms with van der Waals surface area (Å²) in [6, 6.07) is 0. The fourth-order valence-corrected chi connectivity index (χ4v) is 0.281. The van der Waals surface area contributed by atoms with Crippen molar-refractivity contribution >= 4 is 6.16 Å². The van der Waals surface area contributed by atoms with Gasteiger partial charge in [-0.05, 0) is 13.3 Å². The maximum Gasteiger partial charge on any atom is 0.503 e. The van der Waals surface area contributed by atoms with Crippen molar-refractivity contribution in [3.63, 3.8) is 0 Å². The molecule has 0 saturated heterocycles. The molecule has 0 aliphatic rings. The molecule has 0 atom stereocenters. The Morgan fingerprint density at radius 2 is 1.90 bits per heavy atom. The van der Waals surface area contributed by atoms with Crippen LogP contribution in [0.3, 0.4) is 0 Å². The lowest BCUT2D eigenvalue weighted by Gasteiger charge is -1.75. The first-order chi connectivity index (χ1) is 4.50. The third kappa shape index (κ3) is 65.1. The molecule has 0 radical (unpaired) electrons. The van der Waals surface area contributed by atoms with Gasteiger partial charge in [0.15, 0.2) is 0 Å². The molecule has 3 nitrogen and oxygen atoms in total. The molecule has 0 fully saturated rings. The van der Waals surface area contributed by atoms with Gasteiger partial charge in [-0.2, -0.15) is 0 Å². The highest BCUT2D eigenvalue weighted by Gasteiger charge is 1.72. The monoisotopic (exact) mass is 150 g/mol. The standard InChI is InChI=1S/C5H9F.CH2O3/c1-3-4-5(2)6;2-1(3)4/h4H,3H2,1-2H3;(H2,2,3,4).